The molecule has 0 saturated carbocycles. The molecule has 2 aromatic carbocycles. The Morgan fingerprint density at radius 2 is 2.00 bits per heavy atom. The Balaban J connectivity index is 2.41. The molecule has 3 aromatic rings. The Kier molecular flexibility index (Phi) is 3.18. The third-order valence-electron chi connectivity index (χ3n) is 3.30. The van der Waals surface area contributed by atoms with Crippen LogP contribution in [-0.2, 0) is 0 Å². The summed E-state index contributed by atoms with van der Waals surface area (Å²) in [5, 5.41) is 10.8. The van der Waals surface area contributed by atoms with Crippen LogP contribution in [0, 0.1) is 12.7 Å². The van der Waals surface area contributed by atoms with Gasteiger partial charge in [-0.25, -0.2) is 9.18 Å². The van der Waals surface area contributed by atoms with E-state index in [1.807, 2.05) is 0 Å². The third kappa shape index (κ3) is 2.17. The Morgan fingerprint density at radius 1 is 1.24 bits per heavy atom. The summed E-state index contributed by atoms with van der Waals surface area (Å²) in [6.45, 7) is 1.77. The van der Waals surface area contributed by atoms with Gasteiger partial charge in [0.2, 0.25) is 0 Å². The second-order valence-corrected chi connectivity index (χ2v) is 5.10. The molecule has 21 heavy (non-hydrogen) atoms. The standard InChI is InChI=1S/C16H10ClFO3/c1-8-3-2-4-11-14(19)13(16(20)21-15(8)11)10-6-5-9(18)7-12(10)17/h2-7,19H,1H3. The second kappa shape index (κ2) is 4.90. The molecule has 3 nitrogen and oxygen atoms in total. The van der Waals surface area contributed by atoms with E-state index in [0.29, 0.717) is 11.0 Å². The van der Waals surface area contributed by atoms with E-state index in [2.05, 4.69) is 0 Å². The molecule has 0 amide bonds. The number of fused-ring (bicyclic) bond motifs is 1. The molecule has 0 radical (unpaired) electrons. The smallest absolute Gasteiger partial charge is 0.348 e. The number of halogens is 2. The molecular weight excluding hydrogens is 295 g/mol. The van der Waals surface area contributed by atoms with Crippen LogP contribution >= 0.6 is 11.6 Å². The minimum absolute atomic E-state index is 0.0320. The molecule has 3 rings (SSSR count). The topological polar surface area (TPSA) is 50.4 Å². The van der Waals surface area contributed by atoms with Crippen molar-refractivity contribution in [3.8, 4) is 16.9 Å². The highest BCUT2D eigenvalue weighted by Gasteiger charge is 2.19. The number of aryl methyl sites for hydroxylation is 1. The maximum absolute atomic E-state index is 13.1. The van der Waals surface area contributed by atoms with Gasteiger partial charge in [-0.3, -0.25) is 0 Å². The lowest BCUT2D eigenvalue weighted by molar-refractivity contribution is 0.471. The van der Waals surface area contributed by atoms with Gasteiger partial charge < -0.3 is 9.52 Å². The van der Waals surface area contributed by atoms with Crippen LogP contribution in [0.1, 0.15) is 5.56 Å². The maximum Gasteiger partial charge on any atom is 0.348 e. The van der Waals surface area contributed by atoms with Gasteiger partial charge >= 0.3 is 5.63 Å². The zero-order valence-electron chi connectivity index (χ0n) is 11.0. The van der Waals surface area contributed by atoms with Crippen molar-refractivity contribution in [3.05, 3.63) is 63.2 Å². The van der Waals surface area contributed by atoms with Crippen LogP contribution in [0.5, 0.6) is 5.75 Å². The van der Waals surface area contributed by atoms with Crippen LogP contribution in [-0.4, -0.2) is 5.11 Å². The molecule has 0 fully saturated rings. The van der Waals surface area contributed by atoms with Crippen molar-refractivity contribution in [1.29, 1.82) is 0 Å². The molecule has 0 saturated heterocycles. The van der Waals surface area contributed by atoms with Crippen LogP contribution in [0.4, 0.5) is 4.39 Å². The van der Waals surface area contributed by atoms with Crippen LogP contribution in [0.25, 0.3) is 22.1 Å². The summed E-state index contributed by atoms with van der Waals surface area (Å²) in [7, 11) is 0. The summed E-state index contributed by atoms with van der Waals surface area (Å²) >= 11 is 5.96. The molecule has 5 heteroatoms. The fourth-order valence-electron chi connectivity index (χ4n) is 2.28. The Hall–Kier alpha value is -2.33. The zero-order chi connectivity index (χ0) is 15.1. The lowest BCUT2D eigenvalue weighted by Crippen LogP contribution is -2.04. The average Bonchev–Trinajstić information content (AvgIpc) is 2.42. The van der Waals surface area contributed by atoms with Gasteiger partial charge in [0.1, 0.15) is 22.7 Å². The van der Waals surface area contributed by atoms with Gasteiger partial charge in [-0.05, 0) is 36.8 Å². The summed E-state index contributed by atoms with van der Waals surface area (Å²) < 4.78 is 18.4. The zero-order valence-corrected chi connectivity index (χ0v) is 11.7. The van der Waals surface area contributed by atoms with E-state index in [-0.39, 0.29) is 21.9 Å². The van der Waals surface area contributed by atoms with Crippen molar-refractivity contribution in [2.24, 2.45) is 0 Å². The summed E-state index contributed by atoms with van der Waals surface area (Å²) in [5.74, 6) is -0.747. The van der Waals surface area contributed by atoms with E-state index < -0.39 is 11.4 Å². The first-order chi connectivity index (χ1) is 9.99. The van der Waals surface area contributed by atoms with Gasteiger partial charge in [-0.15, -0.1) is 0 Å². The van der Waals surface area contributed by atoms with Gasteiger partial charge in [0, 0.05) is 5.56 Å². The fraction of sp³-hybridized carbons (Fsp3) is 0.0625. The molecule has 0 bridgehead atoms. The number of aromatic hydroxyl groups is 1. The lowest BCUT2D eigenvalue weighted by Gasteiger charge is -2.09. The van der Waals surface area contributed by atoms with Gasteiger partial charge in [0.25, 0.3) is 0 Å². The monoisotopic (exact) mass is 304 g/mol. The number of para-hydroxylation sites is 1. The van der Waals surface area contributed by atoms with Gasteiger partial charge in [0.15, 0.2) is 0 Å². The van der Waals surface area contributed by atoms with E-state index in [9.17, 15) is 14.3 Å². The molecule has 0 atom stereocenters. The van der Waals surface area contributed by atoms with Crippen molar-refractivity contribution in [2.45, 2.75) is 6.92 Å². The van der Waals surface area contributed by atoms with Crippen molar-refractivity contribution in [2.75, 3.05) is 0 Å². The number of benzene rings is 2. The first-order valence-corrected chi connectivity index (χ1v) is 6.57. The van der Waals surface area contributed by atoms with E-state index >= 15 is 0 Å². The van der Waals surface area contributed by atoms with Crippen LogP contribution in [0.2, 0.25) is 5.02 Å². The normalized spacial score (nSPS) is 11.0. The molecule has 0 spiro atoms. The average molecular weight is 305 g/mol. The van der Waals surface area contributed by atoms with Crippen molar-refractivity contribution in [3.63, 3.8) is 0 Å². The van der Waals surface area contributed by atoms with E-state index in [4.69, 9.17) is 16.0 Å². The maximum atomic E-state index is 13.1. The van der Waals surface area contributed by atoms with Gasteiger partial charge in [0.05, 0.1) is 10.4 Å². The summed E-state index contributed by atoms with van der Waals surface area (Å²) in [6.07, 6.45) is 0. The molecule has 0 aliphatic heterocycles. The molecule has 1 aromatic heterocycles. The van der Waals surface area contributed by atoms with Crippen LogP contribution in [0.15, 0.2) is 45.6 Å². The second-order valence-electron chi connectivity index (χ2n) is 4.69. The van der Waals surface area contributed by atoms with E-state index in [1.54, 1.807) is 25.1 Å². The molecule has 1 heterocycles. The highest BCUT2D eigenvalue weighted by atomic mass is 35.5. The fourth-order valence-corrected chi connectivity index (χ4v) is 2.54. The summed E-state index contributed by atoms with van der Waals surface area (Å²) in [4.78, 5) is 12.2. The first-order valence-electron chi connectivity index (χ1n) is 6.20. The molecule has 1 N–H and O–H groups in total. The summed E-state index contributed by atoms with van der Waals surface area (Å²) in [5.41, 5.74) is 0.493. The van der Waals surface area contributed by atoms with Crippen LogP contribution in [0.3, 0.4) is 0 Å². The highest BCUT2D eigenvalue weighted by molar-refractivity contribution is 6.33. The Labute approximate surface area is 124 Å². The predicted octanol–water partition coefficient (Wildman–Crippen LogP) is 4.27. The highest BCUT2D eigenvalue weighted by Crippen LogP contribution is 2.37. The largest absolute Gasteiger partial charge is 0.506 e. The quantitative estimate of drug-likeness (QED) is 0.683. The van der Waals surface area contributed by atoms with E-state index in [1.165, 1.54) is 12.1 Å². The van der Waals surface area contributed by atoms with Crippen molar-refractivity contribution < 1.29 is 13.9 Å². The number of hydrogen-bond donors (Lipinski definition) is 1. The van der Waals surface area contributed by atoms with Crippen molar-refractivity contribution in [1.82, 2.24) is 0 Å². The number of rotatable bonds is 1. The third-order valence-corrected chi connectivity index (χ3v) is 3.62. The number of hydrogen-bond acceptors (Lipinski definition) is 3. The lowest BCUT2D eigenvalue weighted by atomic mass is 10.0. The van der Waals surface area contributed by atoms with Gasteiger partial charge in [-0.2, -0.15) is 0 Å². The predicted molar refractivity (Wildman–Crippen MR) is 79.3 cm³/mol. The van der Waals surface area contributed by atoms with Gasteiger partial charge in [-0.1, -0.05) is 23.7 Å². The van der Waals surface area contributed by atoms with Crippen molar-refractivity contribution >= 4 is 22.6 Å². The molecule has 0 aliphatic carbocycles. The Morgan fingerprint density at radius 3 is 2.71 bits per heavy atom. The molecule has 0 unspecified atom stereocenters. The minimum atomic E-state index is -0.720. The first kappa shape index (κ1) is 13.6. The molecular formula is C16H10ClFO3. The summed E-state index contributed by atoms with van der Waals surface area (Å²) in [6, 6.07) is 8.74. The molecule has 0 aliphatic rings. The van der Waals surface area contributed by atoms with E-state index in [0.717, 1.165) is 11.6 Å². The van der Waals surface area contributed by atoms with Crippen LogP contribution < -0.4 is 5.63 Å². The SMILES string of the molecule is Cc1cccc2c(O)c(-c3ccc(F)cc3Cl)c(=O)oc12. The minimum Gasteiger partial charge on any atom is -0.506 e. The Bertz CT molecular complexity index is 915. The molecule has 106 valence electrons.